The van der Waals surface area contributed by atoms with Crippen LogP contribution in [0.25, 0.3) is 0 Å². The Morgan fingerprint density at radius 3 is 2.30 bits per heavy atom. The van der Waals surface area contributed by atoms with Gasteiger partial charge in [0.05, 0.1) is 12.7 Å². The highest BCUT2D eigenvalue weighted by atomic mass is 16.5. The number of phenols is 1. The normalized spacial score (nSPS) is 11.7. The van der Waals surface area contributed by atoms with E-state index >= 15 is 0 Å². The van der Waals surface area contributed by atoms with Crippen molar-refractivity contribution in [1.82, 2.24) is 4.90 Å². The zero-order valence-electron chi connectivity index (χ0n) is 14.0. The van der Waals surface area contributed by atoms with Gasteiger partial charge in [-0.15, -0.1) is 0 Å². The van der Waals surface area contributed by atoms with Gasteiger partial charge in [-0.25, -0.2) is 0 Å². The van der Waals surface area contributed by atoms with Gasteiger partial charge in [-0.05, 0) is 25.5 Å². The second-order valence-corrected chi connectivity index (χ2v) is 6.44. The lowest BCUT2D eigenvalue weighted by molar-refractivity contribution is 0.0304. The number of hydrogen-bond acceptors (Lipinski definition) is 4. The van der Waals surface area contributed by atoms with Crippen LogP contribution in [0.4, 0.5) is 0 Å². The molecule has 0 radical (unpaired) electrons. The summed E-state index contributed by atoms with van der Waals surface area (Å²) in [6, 6.07) is 15.4. The van der Waals surface area contributed by atoms with E-state index in [1.54, 1.807) is 27.0 Å². The van der Waals surface area contributed by atoms with E-state index in [1.165, 1.54) is 5.56 Å². The van der Waals surface area contributed by atoms with Gasteiger partial charge in [-0.2, -0.15) is 0 Å². The number of hydrogen-bond donors (Lipinski definition) is 2. The van der Waals surface area contributed by atoms with E-state index in [0.29, 0.717) is 25.4 Å². The fraction of sp³-hybridized carbons (Fsp3) is 0.368. The number of aliphatic hydroxyl groups is 1. The molecular weight excluding hydrogens is 290 g/mol. The van der Waals surface area contributed by atoms with Crippen LogP contribution in [0.2, 0.25) is 0 Å². The monoisotopic (exact) mass is 315 g/mol. The maximum Gasteiger partial charge on any atom is 0.123 e. The van der Waals surface area contributed by atoms with Crippen molar-refractivity contribution in [3.63, 3.8) is 0 Å². The van der Waals surface area contributed by atoms with Gasteiger partial charge < -0.3 is 14.9 Å². The molecule has 0 atom stereocenters. The van der Waals surface area contributed by atoms with Gasteiger partial charge >= 0.3 is 0 Å². The number of methoxy groups -OCH3 is 1. The predicted molar refractivity (Wildman–Crippen MR) is 91.5 cm³/mol. The molecule has 4 nitrogen and oxygen atoms in total. The largest absolute Gasteiger partial charge is 0.507 e. The van der Waals surface area contributed by atoms with Crippen molar-refractivity contribution in [3.8, 4) is 11.5 Å². The van der Waals surface area contributed by atoms with Crippen molar-refractivity contribution < 1.29 is 14.9 Å². The molecule has 0 aliphatic heterocycles. The molecule has 2 N–H and O–H groups in total. The lowest BCUT2D eigenvalue weighted by atomic mass is 10.1. The van der Waals surface area contributed by atoms with Crippen LogP contribution in [0.3, 0.4) is 0 Å². The summed E-state index contributed by atoms with van der Waals surface area (Å²) >= 11 is 0. The van der Waals surface area contributed by atoms with Crippen molar-refractivity contribution in [2.45, 2.75) is 32.5 Å². The van der Waals surface area contributed by atoms with Crippen LogP contribution in [0.15, 0.2) is 48.5 Å². The Hall–Kier alpha value is -2.04. The molecule has 0 aliphatic rings. The number of ether oxygens (including phenoxy) is 1. The number of phenolic OH excluding ortho intramolecular Hbond substituents is 1. The first kappa shape index (κ1) is 17.3. The van der Waals surface area contributed by atoms with Crippen molar-refractivity contribution in [3.05, 3.63) is 59.7 Å². The number of benzene rings is 2. The zero-order valence-corrected chi connectivity index (χ0v) is 14.0. The molecule has 0 fully saturated rings. The van der Waals surface area contributed by atoms with Gasteiger partial charge in [0.1, 0.15) is 11.5 Å². The molecule has 2 rings (SSSR count). The highest BCUT2D eigenvalue weighted by Gasteiger charge is 2.19. The minimum Gasteiger partial charge on any atom is -0.507 e. The lowest BCUT2D eigenvalue weighted by Crippen LogP contribution is -2.37. The summed E-state index contributed by atoms with van der Waals surface area (Å²) in [4.78, 5) is 2.12. The van der Waals surface area contributed by atoms with Crippen LogP contribution in [-0.2, 0) is 13.1 Å². The Labute approximate surface area is 138 Å². The molecular formula is C19H25NO3. The van der Waals surface area contributed by atoms with Crippen LogP contribution in [0, 0.1) is 0 Å². The Morgan fingerprint density at radius 2 is 1.74 bits per heavy atom. The maximum atomic E-state index is 10.2. The predicted octanol–water partition coefficient (Wildman–Crippen LogP) is 3.17. The first-order valence-electron chi connectivity index (χ1n) is 7.72. The summed E-state index contributed by atoms with van der Waals surface area (Å²) in [7, 11) is 1.57. The van der Waals surface area contributed by atoms with Crippen LogP contribution >= 0.6 is 0 Å². The Morgan fingerprint density at radius 1 is 1.04 bits per heavy atom. The summed E-state index contributed by atoms with van der Waals surface area (Å²) < 4.78 is 5.12. The fourth-order valence-electron chi connectivity index (χ4n) is 2.60. The molecule has 4 heteroatoms. The van der Waals surface area contributed by atoms with Gasteiger partial charge in [0.25, 0.3) is 0 Å². The lowest BCUT2D eigenvalue weighted by Gasteiger charge is -2.29. The van der Waals surface area contributed by atoms with Crippen LogP contribution in [-0.4, -0.2) is 34.4 Å². The van der Waals surface area contributed by atoms with E-state index in [4.69, 9.17) is 4.74 Å². The molecule has 0 aliphatic carbocycles. The third-order valence-corrected chi connectivity index (χ3v) is 3.55. The van der Waals surface area contributed by atoms with Crippen LogP contribution < -0.4 is 4.74 Å². The second-order valence-electron chi connectivity index (χ2n) is 6.44. The molecule has 0 aromatic heterocycles. The average molecular weight is 315 g/mol. The van der Waals surface area contributed by atoms with E-state index < -0.39 is 5.60 Å². The summed E-state index contributed by atoms with van der Waals surface area (Å²) in [6.45, 7) is 5.34. The smallest absolute Gasteiger partial charge is 0.123 e. The van der Waals surface area contributed by atoms with Crippen LogP contribution in [0.1, 0.15) is 25.0 Å². The van der Waals surface area contributed by atoms with Crippen LogP contribution in [0.5, 0.6) is 11.5 Å². The molecule has 23 heavy (non-hydrogen) atoms. The summed E-state index contributed by atoms with van der Waals surface area (Å²) in [6.07, 6.45) is 0. The summed E-state index contributed by atoms with van der Waals surface area (Å²) in [5.41, 5.74) is 1.17. The van der Waals surface area contributed by atoms with Gasteiger partial charge in [-0.1, -0.05) is 36.4 Å². The molecule has 0 saturated heterocycles. The highest BCUT2D eigenvalue weighted by molar-refractivity contribution is 5.39. The van der Waals surface area contributed by atoms with Crippen molar-refractivity contribution >= 4 is 0 Å². The molecule has 124 valence electrons. The first-order chi connectivity index (χ1) is 10.9. The third-order valence-electron chi connectivity index (χ3n) is 3.55. The van der Waals surface area contributed by atoms with Gasteiger partial charge in [0, 0.05) is 31.3 Å². The number of aromatic hydroxyl groups is 1. The summed E-state index contributed by atoms with van der Waals surface area (Å²) in [5.74, 6) is 0.835. The Bertz CT molecular complexity index is 620. The van der Waals surface area contributed by atoms with Gasteiger partial charge in [0.2, 0.25) is 0 Å². The molecule has 0 amide bonds. The van der Waals surface area contributed by atoms with Crippen molar-refractivity contribution in [1.29, 1.82) is 0 Å². The van der Waals surface area contributed by atoms with E-state index in [-0.39, 0.29) is 5.75 Å². The third kappa shape index (κ3) is 5.58. The number of rotatable bonds is 7. The highest BCUT2D eigenvalue weighted by Crippen LogP contribution is 2.25. The minimum atomic E-state index is -0.809. The van der Waals surface area contributed by atoms with Crippen molar-refractivity contribution in [2.75, 3.05) is 13.7 Å². The van der Waals surface area contributed by atoms with E-state index in [0.717, 1.165) is 5.56 Å². The van der Waals surface area contributed by atoms with Gasteiger partial charge in [-0.3, -0.25) is 4.90 Å². The fourth-order valence-corrected chi connectivity index (χ4v) is 2.60. The van der Waals surface area contributed by atoms with E-state index in [9.17, 15) is 10.2 Å². The van der Waals surface area contributed by atoms with Gasteiger partial charge in [0.15, 0.2) is 0 Å². The average Bonchev–Trinajstić information content (AvgIpc) is 2.48. The molecule has 0 unspecified atom stereocenters. The number of nitrogens with zero attached hydrogens (tertiary/aromatic N) is 1. The molecule has 2 aromatic rings. The molecule has 0 saturated carbocycles. The van der Waals surface area contributed by atoms with Crippen molar-refractivity contribution in [2.24, 2.45) is 0 Å². The second kappa shape index (κ2) is 7.49. The zero-order chi connectivity index (χ0) is 16.9. The van der Waals surface area contributed by atoms with E-state index in [2.05, 4.69) is 17.0 Å². The quantitative estimate of drug-likeness (QED) is 0.824. The van der Waals surface area contributed by atoms with E-state index in [1.807, 2.05) is 30.3 Å². The Kier molecular flexibility index (Phi) is 5.64. The molecule has 2 aromatic carbocycles. The maximum absolute atomic E-state index is 10.2. The summed E-state index contributed by atoms with van der Waals surface area (Å²) in [5, 5.41) is 20.3. The minimum absolute atomic E-state index is 0.207. The molecule has 0 bridgehead atoms. The molecule has 0 spiro atoms. The Balaban J connectivity index is 2.17. The topological polar surface area (TPSA) is 52.9 Å². The SMILES string of the molecule is COc1ccc(CN(Cc2ccccc2)CC(C)(C)O)c(O)c1. The standard InChI is InChI=1S/C19H25NO3/c1-19(2,22)14-20(12-15-7-5-4-6-8-15)13-16-9-10-17(23-3)11-18(16)21/h4-11,21-22H,12-14H2,1-3H3. The molecule has 0 heterocycles. The first-order valence-corrected chi connectivity index (χ1v) is 7.72.